The SMILES string of the molecule is N#Cc1cccc(/C=C/C(=O)NC2CCN(c3ccccc3F)C2=O)c1. The van der Waals surface area contributed by atoms with E-state index in [1.165, 1.54) is 17.0 Å². The molecular weight excluding hydrogens is 333 g/mol. The highest BCUT2D eigenvalue weighted by Crippen LogP contribution is 2.24. The largest absolute Gasteiger partial charge is 0.341 e. The van der Waals surface area contributed by atoms with E-state index in [-0.39, 0.29) is 11.6 Å². The van der Waals surface area contributed by atoms with Crippen LogP contribution in [0.1, 0.15) is 17.5 Å². The van der Waals surface area contributed by atoms with Gasteiger partial charge in [0.1, 0.15) is 11.9 Å². The Labute approximate surface area is 150 Å². The van der Waals surface area contributed by atoms with E-state index in [2.05, 4.69) is 5.32 Å². The molecule has 5 nitrogen and oxygen atoms in total. The Balaban J connectivity index is 1.63. The first-order valence-corrected chi connectivity index (χ1v) is 8.13. The molecule has 1 aliphatic rings. The van der Waals surface area contributed by atoms with Crippen molar-refractivity contribution < 1.29 is 14.0 Å². The molecule has 1 unspecified atom stereocenters. The summed E-state index contributed by atoms with van der Waals surface area (Å²) in [6.07, 6.45) is 3.30. The summed E-state index contributed by atoms with van der Waals surface area (Å²) in [4.78, 5) is 25.9. The predicted molar refractivity (Wildman–Crippen MR) is 95.5 cm³/mol. The number of benzene rings is 2. The maximum Gasteiger partial charge on any atom is 0.249 e. The van der Waals surface area contributed by atoms with E-state index in [0.29, 0.717) is 24.1 Å². The minimum atomic E-state index is -0.683. The maximum absolute atomic E-state index is 13.9. The fourth-order valence-electron chi connectivity index (χ4n) is 2.83. The van der Waals surface area contributed by atoms with Crippen molar-refractivity contribution in [3.05, 3.63) is 71.6 Å². The molecule has 26 heavy (non-hydrogen) atoms. The molecule has 2 aromatic rings. The number of halogens is 1. The van der Waals surface area contributed by atoms with Gasteiger partial charge >= 0.3 is 0 Å². The molecule has 3 rings (SSSR count). The van der Waals surface area contributed by atoms with E-state index in [1.54, 1.807) is 48.5 Å². The Hall–Kier alpha value is -3.46. The number of anilines is 1. The monoisotopic (exact) mass is 349 g/mol. The minimum Gasteiger partial charge on any atom is -0.341 e. The van der Waals surface area contributed by atoms with Gasteiger partial charge in [-0.15, -0.1) is 0 Å². The number of nitrogens with zero attached hydrogens (tertiary/aromatic N) is 2. The van der Waals surface area contributed by atoms with Crippen LogP contribution in [0.25, 0.3) is 6.08 Å². The number of hydrogen-bond donors (Lipinski definition) is 1. The highest BCUT2D eigenvalue weighted by Gasteiger charge is 2.34. The lowest BCUT2D eigenvalue weighted by atomic mass is 10.1. The summed E-state index contributed by atoms with van der Waals surface area (Å²) in [5.74, 6) is -1.21. The van der Waals surface area contributed by atoms with Crippen LogP contribution in [0.3, 0.4) is 0 Å². The maximum atomic E-state index is 13.9. The van der Waals surface area contributed by atoms with E-state index < -0.39 is 17.8 Å². The van der Waals surface area contributed by atoms with Gasteiger partial charge in [-0.05, 0) is 42.3 Å². The smallest absolute Gasteiger partial charge is 0.249 e. The number of carbonyl (C=O) groups excluding carboxylic acids is 2. The topological polar surface area (TPSA) is 73.2 Å². The molecule has 2 aromatic carbocycles. The van der Waals surface area contributed by atoms with Crippen molar-refractivity contribution in [3.63, 3.8) is 0 Å². The minimum absolute atomic E-state index is 0.220. The summed E-state index contributed by atoms with van der Waals surface area (Å²) in [5.41, 5.74) is 1.43. The Kier molecular flexibility index (Phi) is 5.09. The molecular formula is C20H16FN3O2. The molecule has 2 amide bonds. The van der Waals surface area contributed by atoms with Crippen LogP contribution in [0, 0.1) is 17.1 Å². The van der Waals surface area contributed by atoms with Gasteiger partial charge in [0.05, 0.1) is 17.3 Å². The number of nitrogens with one attached hydrogen (secondary N) is 1. The second kappa shape index (κ2) is 7.62. The average molecular weight is 349 g/mol. The quantitative estimate of drug-likeness (QED) is 0.863. The zero-order chi connectivity index (χ0) is 18.5. The summed E-state index contributed by atoms with van der Waals surface area (Å²) in [5, 5.41) is 11.5. The first-order valence-electron chi connectivity index (χ1n) is 8.13. The second-order valence-corrected chi connectivity index (χ2v) is 5.86. The fourth-order valence-corrected chi connectivity index (χ4v) is 2.83. The lowest BCUT2D eigenvalue weighted by molar-refractivity contribution is -0.123. The molecule has 1 aliphatic heterocycles. The van der Waals surface area contributed by atoms with Gasteiger partial charge in [-0.1, -0.05) is 24.3 Å². The molecule has 6 heteroatoms. The lowest BCUT2D eigenvalue weighted by Crippen LogP contribution is -2.41. The molecule has 1 atom stereocenters. The van der Waals surface area contributed by atoms with Gasteiger partial charge in [0.15, 0.2) is 0 Å². The Morgan fingerprint density at radius 2 is 2.08 bits per heavy atom. The van der Waals surface area contributed by atoms with Crippen LogP contribution < -0.4 is 10.2 Å². The summed E-state index contributed by atoms with van der Waals surface area (Å²) in [6.45, 7) is 0.346. The van der Waals surface area contributed by atoms with Gasteiger partial charge in [-0.25, -0.2) is 4.39 Å². The van der Waals surface area contributed by atoms with Crippen LogP contribution in [0.15, 0.2) is 54.6 Å². The zero-order valence-corrected chi connectivity index (χ0v) is 13.9. The number of amides is 2. The van der Waals surface area contributed by atoms with Gasteiger partial charge in [-0.2, -0.15) is 5.26 Å². The molecule has 0 radical (unpaired) electrons. The molecule has 0 aliphatic carbocycles. The molecule has 1 heterocycles. The van der Waals surface area contributed by atoms with Crippen LogP contribution in [-0.4, -0.2) is 24.4 Å². The van der Waals surface area contributed by atoms with E-state index in [1.807, 2.05) is 6.07 Å². The van der Waals surface area contributed by atoms with Crippen molar-refractivity contribution in [3.8, 4) is 6.07 Å². The summed E-state index contributed by atoms with van der Waals surface area (Å²) < 4.78 is 13.9. The second-order valence-electron chi connectivity index (χ2n) is 5.86. The van der Waals surface area contributed by atoms with E-state index in [0.717, 1.165) is 0 Å². The fraction of sp³-hybridized carbons (Fsp3) is 0.150. The van der Waals surface area contributed by atoms with E-state index in [4.69, 9.17) is 5.26 Å². The van der Waals surface area contributed by atoms with Crippen molar-refractivity contribution in [1.82, 2.24) is 5.32 Å². The van der Waals surface area contributed by atoms with Crippen LogP contribution in [0.5, 0.6) is 0 Å². The summed E-state index contributed by atoms with van der Waals surface area (Å²) in [6, 6.07) is 14.2. The zero-order valence-electron chi connectivity index (χ0n) is 13.9. The Morgan fingerprint density at radius 1 is 1.27 bits per heavy atom. The van der Waals surface area contributed by atoms with Crippen molar-refractivity contribution in [2.45, 2.75) is 12.5 Å². The van der Waals surface area contributed by atoms with Gasteiger partial charge < -0.3 is 10.2 Å². The summed E-state index contributed by atoms with van der Waals surface area (Å²) in [7, 11) is 0. The first kappa shape index (κ1) is 17.4. The molecule has 0 aromatic heterocycles. The van der Waals surface area contributed by atoms with E-state index >= 15 is 0 Å². The molecule has 0 bridgehead atoms. The van der Waals surface area contributed by atoms with Crippen LogP contribution in [0.4, 0.5) is 10.1 Å². The van der Waals surface area contributed by atoms with Crippen molar-refractivity contribution in [2.24, 2.45) is 0 Å². The standard InChI is InChI=1S/C20H16FN3O2/c21-16-6-1-2-7-18(16)24-11-10-17(20(24)26)23-19(25)9-8-14-4-3-5-15(12-14)13-22/h1-9,12,17H,10-11H2,(H,23,25)/b9-8+. The number of rotatable bonds is 4. The molecule has 0 saturated carbocycles. The normalized spacial score (nSPS) is 16.7. The van der Waals surface area contributed by atoms with Crippen LogP contribution >= 0.6 is 0 Å². The number of nitriles is 1. The lowest BCUT2D eigenvalue weighted by Gasteiger charge is -2.17. The highest BCUT2D eigenvalue weighted by molar-refractivity contribution is 6.03. The van der Waals surface area contributed by atoms with Crippen LogP contribution in [0.2, 0.25) is 0 Å². The first-order chi connectivity index (χ1) is 12.6. The number of para-hydroxylation sites is 1. The van der Waals surface area contributed by atoms with Crippen molar-refractivity contribution >= 4 is 23.6 Å². The third-order valence-corrected chi connectivity index (χ3v) is 4.11. The predicted octanol–water partition coefficient (Wildman–Crippen LogP) is 2.63. The van der Waals surface area contributed by atoms with Crippen molar-refractivity contribution in [2.75, 3.05) is 11.4 Å². The van der Waals surface area contributed by atoms with E-state index in [9.17, 15) is 14.0 Å². The van der Waals surface area contributed by atoms with Gasteiger partial charge in [0.2, 0.25) is 11.8 Å². The Morgan fingerprint density at radius 3 is 2.85 bits per heavy atom. The summed E-state index contributed by atoms with van der Waals surface area (Å²) >= 11 is 0. The molecule has 0 spiro atoms. The molecule has 1 saturated heterocycles. The van der Waals surface area contributed by atoms with Gasteiger partial charge in [0, 0.05) is 12.6 Å². The Bertz CT molecular complexity index is 917. The molecule has 130 valence electrons. The third-order valence-electron chi connectivity index (χ3n) is 4.11. The average Bonchev–Trinajstić information content (AvgIpc) is 3.01. The number of hydrogen-bond acceptors (Lipinski definition) is 3. The van der Waals surface area contributed by atoms with Gasteiger partial charge in [0.25, 0.3) is 0 Å². The van der Waals surface area contributed by atoms with Crippen molar-refractivity contribution in [1.29, 1.82) is 5.26 Å². The molecule has 1 N–H and O–H groups in total. The molecule has 1 fully saturated rings. The van der Waals surface area contributed by atoms with Crippen LogP contribution in [-0.2, 0) is 9.59 Å². The third kappa shape index (κ3) is 3.78. The van der Waals surface area contributed by atoms with Gasteiger partial charge in [-0.3, -0.25) is 9.59 Å². The highest BCUT2D eigenvalue weighted by atomic mass is 19.1. The number of carbonyl (C=O) groups is 2.